The predicted octanol–water partition coefficient (Wildman–Crippen LogP) is 2.53. The maximum atomic E-state index is 12.6. The number of rotatable bonds is 7. The van der Waals surface area contributed by atoms with Crippen LogP contribution in [0.5, 0.6) is 0 Å². The molecule has 0 aliphatic heterocycles. The van der Waals surface area contributed by atoms with Crippen molar-refractivity contribution in [3.8, 4) is 11.5 Å². The Morgan fingerprint density at radius 2 is 2.00 bits per heavy atom. The fourth-order valence-corrected chi connectivity index (χ4v) is 3.74. The number of sulfonamides is 1. The van der Waals surface area contributed by atoms with E-state index in [1.165, 1.54) is 16.6 Å². The van der Waals surface area contributed by atoms with Gasteiger partial charge in [0.1, 0.15) is 0 Å². The molecule has 3 aromatic rings. The summed E-state index contributed by atoms with van der Waals surface area (Å²) in [5.74, 6) is 0.712. The van der Waals surface area contributed by atoms with E-state index < -0.39 is 10.0 Å². The highest BCUT2D eigenvalue weighted by Gasteiger charge is 2.25. The van der Waals surface area contributed by atoms with Gasteiger partial charge in [0, 0.05) is 25.4 Å². The monoisotopic (exact) mass is 364 g/mol. The Labute approximate surface area is 145 Å². The number of hydrogen-bond donors (Lipinski definition) is 1. The van der Waals surface area contributed by atoms with Crippen molar-refractivity contribution in [2.75, 3.05) is 13.6 Å². The largest absolute Gasteiger partial charge is 0.440 e. The summed E-state index contributed by atoms with van der Waals surface area (Å²) in [5, 5.41) is 10.6. The van der Waals surface area contributed by atoms with Gasteiger partial charge in [-0.05, 0) is 44.4 Å². The molecule has 0 unspecified atom stereocenters. The maximum Gasteiger partial charge on any atom is 0.276 e. The van der Waals surface area contributed by atoms with Gasteiger partial charge in [-0.1, -0.05) is 5.16 Å². The Kier molecular flexibility index (Phi) is 4.78. The number of nitrogens with one attached hydrogen (secondary N) is 1. The summed E-state index contributed by atoms with van der Waals surface area (Å²) in [6, 6.07) is 4.59. The number of H-pyrrole nitrogens is 1. The van der Waals surface area contributed by atoms with Crippen molar-refractivity contribution in [3.63, 3.8) is 0 Å². The molecule has 0 aliphatic rings. The summed E-state index contributed by atoms with van der Waals surface area (Å²) < 4.78 is 36.9. The van der Waals surface area contributed by atoms with Gasteiger partial charge >= 0.3 is 0 Å². The standard InChI is InChI=1S/C16H20N4O4S/c1-11-13(12(2)19-18-11)5-4-10-20(3)25(21,22)16-7-6-14(23-16)15-8-9-17-24-15/h6-9H,4-5,10H2,1-3H3,(H,18,19). The fraction of sp³-hybridized carbons (Fsp3) is 0.375. The highest BCUT2D eigenvalue weighted by Crippen LogP contribution is 2.25. The minimum absolute atomic E-state index is 0.114. The predicted molar refractivity (Wildman–Crippen MR) is 90.4 cm³/mol. The van der Waals surface area contributed by atoms with Crippen molar-refractivity contribution in [3.05, 3.63) is 41.3 Å². The van der Waals surface area contributed by atoms with Crippen LogP contribution in [0, 0.1) is 13.8 Å². The van der Waals surface area contributed by atoms with Crippen LogP contribution in [0.15, 0.2) is 38.4 Å². The molecule has 0 spiro atoms. The number of aromatic amines is 1. The van der Waals surface area contributed by atoms with Gasteiger partial charge in [-0.3, -0.25) is 5.10 Å². The van der Waals surface area contributed by atoms with E-state index in [1.54, 1.807) is 19.2 Å². The summed E-state index contributed by atoms with van der Waals surface area (Å²) in [4.78, 5) is 0. The lowest BCUT2D eigenvalue weighted by atomic mass is 10.1. The Balaban J connectivity index is 1.65. The third-order valence-electron chi connectivity index (χ3n) is 4.11. The normalized spacial score (nSPS) is 12.2. The van der Waals surface area contributed by atoms with E-state index in [-0.39, 0.29) is 5.09 Å². The fourth-order valence-electron chi connectivity index (χ4n) is 2.63. The molecule has 0 fully saturated rings. The van der Waals surface area contributed by atoms with Gasteiger partial charge < -0.3 is 8.94 Å². The Hall–Kier alpha value is -2.39. The van der Waals surface area contributed by atoms with Crippen molar-refractivity contribution in [1.82, 2.24) is 19.7 Å². The van der Waals surface area contributed by atoms with Crippen LogP contribution in [0.25, 0.3) is 11.5 Å². The number of aryl methyl sites for hydroxylation is 2. The van der Waals surface area contributed by atoms with Gasteiger partial charge in [0.25, 0.3) is 10.0 Å². The van der Waals surface area contributed by atoms with E-state index in [0.717, 1.165) is 23.4 Å². The Morgan fingerprint density at radius 3 is 2.64 bits per heavy atom. The van der Waals surface area contributed by atoms with Crippen LogP contribution in [0.2, 0.25) is 0 Å². The van der Waals surface area contributed by atoms with Gasteiger partial charge in [0.15, 0.2) is 5.76 Å². The molecule has 0 aromatic carbocycles. The SMILES string of the molecule is Cc1n[nH]c(C)c1CCCN(C)S(=O)(=O)c1ccc(-c2ccno2)o1. The second kappa shape index (κ2) is 6.85. The number of aromatic nitrogens is 3. The molecule has 25 heavy (non-hydrogen) atoms. The molecular formula is C16H20N4O4S. The van der Waals surface area contributed by atoms with Gasteiger partial charge in [-0.15, -0.1) is 0 Å². The molecule has 3 aromatic heterocycles. The first-order valence-corrected chi connectivity index (χ1v) is 9.31. The lowest BCUT2D eigenvalue weighted by molar-refractivity contribution is 0.388. The zero-order valence-electron chi connectivity index (χ0n) is 14.3. The van der Waals surface area contributed by atoms with Crippen LogP contribution >= 0.6 is 0 Å². The van der Waals surface area contributed by atoms with Crippen molar-refractivity contribution < 1.29 is 17.4 Å². The summed E-state index contributed by atoms with van der Waals surface area (Å²) in [7, 11) is -2.15. The smallest absolute Gasteiger partial charge is 0.276 e. The van der Waals surface area contributed by atoms with Crippen LogP contribution in [-0.2, 0) is 16.4 Å². The molecule has 0 amide bonds. The van der Waals surface area contributed by atoms with Crippen molar-refractivity contribution in [2.24, 2.45) is 0 Å². The van der Waals surface area contributed by atoms with Crippen molar-refractivity contribution in [1.29, 1.82) is 0 Å². The maximum absolute atomic E-state index is 12.6. The molecule has 0 saturated heterocycles. The van der Waals surface area contributed by atoms with Crippen molar-refractivity contribution >= 4 is 10.0 Å². The van der Waals surface area contributed by atoms with Crippen LogP contribution in [0.1, 0.15) is 23.4 Å². The molecule has 0 saturated carbocycles. The first kappa shape index (κ1) is 17.4. The van der Waals surface area contributed by atoms with Gasteiger partial charge in [-0.2, -0.15) is 9.40 Å². The average molecular weight is 364 g/mol. The third-order valence-corrected chi connectivity index (χ3v) is 5.84. The first-order chi connectivity index (χ1) is 11.9. The number of hydrogen-bond acceptors (Lipinski definition) is 6. The second-order valence-corrected chi connectivity index (χ2v) is 7.81. The highest BCUT2D eigenvalue weighted by molar-refractivity contribution is 7.89. The Bertz CT molecular complexity index is 921. The van der Waals surface area contributed by atoms with E-state index in [9.17, 15) is 8.42 Å². The van der Waals surface area contributed by atoms with Gasteiger partial charge in [0.05, 0.1) is 11.9 Å². The summed E-state index contributed by atoms with van der Waals surface area (Å²) in [6.45, 7) is 4.28. The molecule has 3 rings (SSSR count). The van der Waals surface area contributed by atoms with E-state index in [4.69, 9.17) is 8.94 Å². The zero-order chi connectivity index (χ0) is 18.0. The van der Waals surface area contributed by atoms with Gasteiger partial charge in [-0.25, -0.2) is 8.42 Å². The van der Waals surface area contributed by atoms with E-state index in [2.05, 4.69) is 15.4 Å². The lowest BCUT2D eigenvalue weighted by Gasteiger charge is -2.15. The number of nitrogens with zero attached hydrogens (tertiary/aromatic N) is 3. The molecule has 0 atom stereocenters. The molecule has 0 bridgehead atoms. The van der Waals surface area contributed by atoms with Crippen LogP contribution < -0.4 is 0 Å². The quantitative estimate of drug-likeness (QED) is 0.690. The molecule has 9 heteroatoms. The van der Waals surface area contributed by atoms with Crippen LogP contribution in [0.4, 0.5) is 0 Å². The van der Waals surface area contributed by atoms with Crippen LogP contribution in [0.3, 0.4) is 0 Å². The minimum Gasteiger partial charge on any atom is -0.440 e. The molecule has 134 valence electrons. The third kappa shape index (κ3) is 3.52. The molecule has 1 N–H and O–H groups in total. The Morgan fingerprint density at radius 1 is 1.20 bits per heavy atom. The van der Waals surface area contributed by atoms with Crippen LogP contribution in [-0.4, -0.2) is 41.7 Å². The van der Waals surface area contributed by atoms with Crippen molar-refractivity contribution in [2.45, 2.75) is 31.8 Å². The van der Waals surface area contributed by atoms with E-state index in [1.807, 2.05) is 13.8 Å². The average Bonchev–Trinajstić information content (AvgIpc) is 3.30. The molecule has 0 radical (unpaired) electrons. The minimum atomic E-state index is -3.69. The zero-order valence-corrected chi connectivity index (χ0v) is 15.1. The number of furan rings is 1. The molecular weight excluding hydrogens is 344 g/mol. The van der Waals surface area contributed by atoms with E-state index >= 15 is 0 Å². The summed E-state index contributed by atoms with van der Waals surface area (Å²) >= 11 is 0. The lowest BCUT2D eigenvalue weighted by Crippen LogP contribution is -2.28. The first-order valence-electron chi connectivity index (χ1n) is 7.87. The summed E-state index contributed by atoms with van der Waals surface area (Å²) in [5.41, 5.74) is 3.10. The second-order valence-electron chi connectivity index (χ2n) is 5.84. The molecule has 8 nitrogen and oxygen atoms in total. The topological polar surface area (TPSA) is 105 Å². The molecule has 0 aliphatic carbocycles. The highest BCUT2D eigenvalue weighted by atomic mass is 32.2. The van der Waals surface area contributed by atoms with Gasteiger partial charge in [0.2, 0.25) is 10.9 Å². The summed E-state index contributed by atoms with van der Waals surface area (Å²) in [6.07, 6.45) is 2.92. The van der Waals surface area contributed by atoms with E-state index in [0.29, 0.717) is 24.5 Å². The molecule has 3 heterocycles.